The van der Waals surface area contributed by atoms with Crippen molar-refractivity contribution in [3.8, 4) is 0 Å². The summed E-state index contributed by atoms with van der Waals surface area (Å²) in [6.07, 6.45) is 3.51. The minimum Gasteiger partial charge on any atom is -0.351 e. The Balaban J connectivity index is 1.78. The molecule has 1 aliphatic rings. The first kappa shape index (κ1) is 18.9. The Labute approximate surface area is 144 Å². The summed E-state index contributed by atoms with van der Waals surface area (Å²) in [6.45, 7) is 6.18. The second-order valence-corrected chi connectivity index (χ2v) is 8.24. The monoisotopic (exact) mass is 353 g/mol. The third kappa shape index (κ3) is 5.89. The number of carbonyl (C=O) groups is 1. The largest absolute Gasteiger partial charge is 0.351 e. The van der Waals surface area contributed by atoms with Crippen molar-refractivity contribution in [2.45, 2.75) is 44.0 Å². The Morgan fingerprint density at radius 2 is 1.79 bits per heavy atom. The van der Waals surface area contributed by atoms with Crippen LogP contribution in [0, 0.1) is 6.92 Å². The minimum atomic E-state index is -3.55. The third-order valence-electron chi connectivity index (χ3n) is 4.13. The molecule has 6 nitrogen and oxygen atoms in total. The van der Waals surface area contributed by atoms with Crippen molar-refractivity contribution in [2.24, 2.45) is 0 Å². The molecule has 1 fully saturated rings. The van der Waals surface area contributed by atoms with Crippen molar-refractivity contribution in [1.82, 2.24) is 14.9 Å². The lowest BCUT2D eigenvalue weighted by molar-refractivity contribution is -0.123. The molecule has 1 heterocycles. The number of amides is 1. The normalized spacial score (nSPS) is 17.4. The first-order chi connectivity index (χ1) is 11.4. The van der Waals surface area contributed by atoms with E-state index in [9.17, 15) is 13.2 Å². The molecule has 1 aromatic carbocycles. The Hall–Kier alpha value is -1.44. The van der Waals surface area contributed by atoms with Gasteiger partial charge < -0.3 is 5.32 Å². The number of nitrogens with zero attached hydrogens (tertiary/aromatic N) is 1. The van der Waals surface area contributed by atoms with E-state index in [1.807, 2.05) is 6.92 Å². The van der Waals surface area contributed by atoms with E-state index < -0.39 is 10.0 Å². The van der Waals surface area contributed by atoms with Gasteiger partial charge in [0, 0.05) is 12.6 Å². The average molecular weight is 353 g/mol. The molecule has 1 atom stereocenters. The Morgan fingerprint density at radius 1 is 1.17 bits per heavy atom. The minimum absolute atomic E-state index is 0.0565. The first-order valence-corrected chi connectivity index (χ1v) is 9.93. The zero-order chi connectivity index (χ0) is 17.6. The van der Waals surface area contributed by atoms with Crippen molar-refractivity contribution in [3.63, 3.8) is 0 Å². The molecule has 0 saturated carbocycles. The molecule has 1 aromatic rings. The van der Waals surface area contributed by atoms with Gasteiger partial charge in [-0.1, -0.05) is 24.1 Å². The predicted octanol–water partition coefficient (Wildman–Crippen LogP) is 1.26. The van der Waals surface area contributed by atoms with Gasteiger partial charge in [-0.15, -0.1) is 0 Å². The Bertz CT molecular complexity index is 638. The fraction of sp³-hybridized carbons (Fsp3) is 0.588. The van der Waals surface area contributed by atoms with E-state index in [-0.39, 0.29) is 23.4 Å². The van der Waals surface area contributed by atoms with Crippen molar-refractivity contribution in [1.29, 1.82) is 0 Å². The molecule has 24 heavy (non-hydrogen) atoms. The summed E-state index contributed by atoms with van der Waals surface area (Å²) < 4.78 is 27.0. The van der Waals surface area contributed by atoms with Crippen LogP contribution in [-0.2, 0) is 14.8 Å². The summed E-state index contributed by atoms with van der Waals surface area (Å²) in [6, 6.07) is 6.42. The summed E-state index contributed by atoms with van der Waals surface area (Å²) in [7, 11) is -3.55. The van der Waals surface area contributed by atoms with E-state index in [4.69, 9.17) is 0 Å². The number of benzene rings is 1. The maximum absolute atomic E-state index is 12.2. The average Bonchev–Trinajstić information content (AvgIpc) is 2.54. The molecule has 0 aliphatic carbocycles. The number of hydrogen-bond donors (Lipinski definition) is 2. The molecule has 134 valence electrons. The smallest absolute Gasteiger partial charge is 0.240 e. The zero-order valence-electron chi connectivity index (χ0n) is 14.4. The first-order valence-electron chi connectivity index (χ1n) is 8.45. The second-order valence-electron chi connectivity index (χ2n) is 6.47. The highest BCUT2D eigenvalue weighted by Gasteiger charge is 2.18. The molecule has 2 rings (SSSR count). The highest BCUT2D eigenvalue weighted by molar-refractivity contribution is 7.89. The van der Waals surface area contributed by atoms with Crippen molar-refractivity contribution < 1.29 is 13.2 Å². The Kier molecular flexibility index (Phi) is 6.77. The number of nitrogens with one attached hydrogen (secondary N) is 2. The van der Waals surface area contributed by atoms with Gasteiger partial charge in [-0.25, -0.2) is 13.1 Å². The highest BCUT2D eigenvalue weighted by Crippen LogP contribution is 2.10. The van der Waals surface area contributed by atoms with Gasteiger partial charge in [0.2, 0.25) is 15.9 Å². The number of aryl methyl sites for hydroxylation is 1. The van der Waals surface area contributed by atoms with Gasteiger partial charge in [-0.2, -0.15) is 0 Å². The lowest BCUT2D eigenvalue weighted by Crippen LogP contribution is -2.46. The molecule has 0 aromatic heterocycles. The van der Waals surface area contributed by atoms with Gasteiger partial charge in [-0.05, 0) is 51.9 Å². The van der Waals surface area contributed by atoms with Crippen LogP contribution < -0.4 is 10.0 Å². The van der Waals surface area contributed by atoms with Gasteiger partial charge in [0.1, 0.15) is 0 Å². The molecular formula is C17H27N3O3S. The van der Waals surface area contributed by atoms with Gasteiger partial charge in [0.05, 0.1) is 11.4 Å². The Morgan fingerprint density at radius 3 is 2.42 bits per heavy atom. The predicted molar refractivity (Wildman–Crippen MR) is 94.3 cm³/mol. The maximum Gasteiger partial charge on any atom is 0.240 e. The molecule has 0 bridgehead atoms. The van der Waals surface area contributed by atoms with E-state index in [2.05, 4.69) is 14.9 Å². The van der Waals surface area contributed by atoms with Gasteiger partial charge in [-0.3, -0.25) is 9.69 Å². The molecule has 0 radical (unpaired) electrons. The number of likely N-dealkylation sites (tertiary alicyclic amines) is 1. The van der Waals surface area contributed by atoms with Crippen molar-refractivity contribution in [2.75, 3.05) is 26.2 Å². The van der Waals surface area contributed by atoms with Crippen LogP contribution in [-0.4, -0.2) is 51.4 Å². The van der Waals surface area contributed by atoms with E-state index in [0.717, 1.165) is 31.5 Å². The van der Waals surface area contributed by atoms with Crippen LogP contribution in [0.5, 0.6) is 0 Å². The number of carbonyl (C=O) groups excluding carboxylic acids is 1. The summed E-state index contributed by atoms with van der Waals surface area (Å²) in [4.78, 5) is 14.4. The van der Waals surface area contributed by atoms with Crippen molar-refractivity contribution >= 4 is 15.9 Å². The lowest BCUT2D eigenvalue weighted by atomic mass is 10.1. The van der Waals surface area contributed by atoms with Crippen LogP contribution >= 0.6 is 0 Å². The topological polar surface area (TPSA) is 78.5 Å². The number of hydrogen-bond acceptors (Lipinski definition) is 4. The molecule has 1 aliphatic heterocycles. The van der Waals surface area contributed by atoms with Crippen molar-refractivity contribution in [3.05, 3.63) is 29.8 Å². The molecular weight excluding hydrogens is 326 g/mol. The van der Waals surface area contributed by atoms with E-state index >= 15 is 0 Å². The maximum atomic E-state index is 12.2. The van der Waals surface area contributed by atoms with Crippen LogP contribution in [0.2, 0.25) is 0 Å². The summed E-state index contributed by atoms with van der Waals surface area (Å²) in [5.74, 6) is -0.0565. The third-order valence-corrected chi connectivity index (χ3v) is 5.57. The van der Waals surface area contributed by atoms with Crippen LogP contribution in [0.15, 0.2) is 29.2 Å². The SMILES string of the molecule is Cc1ccc(S(=O)(=O)NCC(C)NC(=O)CN2CCCCC2)cc1. The van der Waals surface area contributed by atoms with Crippen LogP contribution in [0.4, 0.5) is 0 Å². The van der Waals surface area contributed by atoms with Crippen LogP contribution in [0.3, 0.4) is 0 Å². The molecule has 2 N–H and O–H groups in total. The number of rotatable bonds is 7. The second kappa shape index (κ2) is 8.60. The molecule has 1 saturated heterocycles. The fourth-order valence-corrected chi connectivity index (χ4v) is 3.86. The van der Waals surface area contributed by atoms with Gasteiger partial charge in [0.15, 0.2) is 0 Å². The fourth-order valence-electron chi connectivity index (χ4n) is 2.73. The van der Waals surface area contributed by atoms with Crippen LogP contribution in [0.25, 0.3) is 0 Å². The van der Waals surface area contributed by atoms with E-state index in [1.165, 1.54) is 6.42 Å². The summed E-state index contributed by atoms with van der Waals surface area (Å²) in [5, 5.41) is 2.85. The number of piperidine rings is 1. The van der Waals surface area contributed by atoms with Crippen LogP contribution in [0.1, 0.15) is 31.7 Å². The quantitative estimate of drug-likeness (QED) is 0.774. The van der Waals surface area contributed by atoms with Gasteiger partial charge >= 0.3 is 0 Å². The van der Waals surface area contributed by atoms with Gasteiger partial charge in [0.25, 0.3) is 0 Å². The molecule has 1 amide bonds. The molecule has 1 unspecified atom stereocenters. The molecule has 7 heteroatoms. The van der Waals surface area contributed by atoms with E-state index in [1.54, 1.807) is 31.2 Å². The molecule has 0 spiro atoms. The van der Waals surface area contributed by atoms with E-state index in [0.29, 0.717) is 6.54 Å². The summed E-state index contributed by atoms with van der Waals surface area (Å²) in [5.41, 5.74) is 1.01. The number of sulfonamides is 1. The zero-order valence-corrected chi connectivity index (χ0v) is 15.2. The highest BCUT2D eigenvalue weighted by atomic mass is 32.2. The lowest BCUT2D eigenvalue weighted by Gasteiger charge is -2.26. The standard InChI is InChI=1S/C17H27N3O3S/c1-14-6-8-16(9-7-14)24(22,23)18-12-15(2)19-17(21)13-20-10-4-3-5-11-20/h6-9,15,18H,3-5,10-13H2,1-2H3,(H,19,21). The summed E-state index contributed by atoms with van der Waals surface area (Å²) >= 11 is 0.